The summed E-state index contributed by atoms with van der Waals surface area (Å²) in [4.78, 5) is 10.5. The van der Waals surface area contributed by atoms with Crippen molar-refractivity contribution in [2.24, 2.45) is 5.92 Å². The van der Waals surface area contributed by atoms with Gasteiger partial charge in [-0.2, -0.15) is 0 Å². The van der Waals surface area contributed by atoms with Crippen LogP contribution in [0.3, 0.4) is 0 Å². The molecule has 0 aromatic heterocycles. The Morgan fingerprint density at radius 3 is 2.45 bits per heavy atom. The third-order valence-electron chi connectivity index (χ3n) is 1.52. The molecule has 0 radical (unpaired) electrons. The molecule has 0 unspecified atom stereocenters. The highest BCUT2D eigenvalue weighted by Gasteiger charge is 1.95. The van der Waals surface area contributed by atoms with Crippen molar-refractivity contribution in [3.05, 3.63) is 11.6 Å². The highest BCUT2D eigenvalue weighted by atomic mass is 16.1. The molecule has 0 saturated heterocycles. The van der Waals surface area contributed by atoms with Crippen molar-refractivity contribution in [1.82, 2.24) is 0 Å². The number of unbranched alkanes of at least 4 members (excludes halogenated alkanes) is 1. The molecule has 0 aliphatic rings. The minimum Gasteiger partial charge on any atom is -0.298 e. The quantitative estimate of drug-likeness (QED) is 0.439. The summed E-state index contributed by atoms with van der Waals surface area (Å²) >= 11 is 0. The highest BCUT2D eigenvalue weighted by molar-refractivity contribution is 5.72. The standard InChI is InChI=1S/C10H18O/c1-4-5-6-10(8-11)7-9(2)3/h7-9H,4-6H2,1-3H3/b10-7-. The van der Waals surface area contributed by atoms with E-state index >= 15 is 0 Å². The van der Waals surface area contributed by atoms with E-state index in [1.807, 2.05) is 6.08 Å². The SMILES string of the molecule is CCCC/C(C=O)=C/C(C)C. The topological polar surface area (TPSA) is 17.1 Å². The van der Waals surface area contributed by atoms with Crippen LogP contribution in [-0.4, -0.2) is 6.29 Å². The van der Waals surface area contributed by atoms with Crippen LogP contribution in [-0.2, 0) is 4.79 Å². The Morgan fingerprint density at radius 1 is 1.45 bits per heavy atom. The molecule has 0 aromatic rings. The smallest absolute Gasteiger partial charge is 0.145 e. The van der Waals surface area contributed by atoms with E-state index in [0.29, 0.717) is 5.92 Å². The van der Waals surface area contributed by atoms with Gasteiger partial charge in [0.25, 0.3) is 0 Å². The van der Waals surface area contributed by atoms with Crippen LogP contribution in [0.25, 0.3) is 0 Å². The van der Waals surface area contributed by atoms with Crippen molar-refractivity contribution >= 4 is 6.29 Å². The highest BCUT2D eigenvalue weighted by Crippen LogP contribution is 2.07. The van der Waals surface area contributed by atoms with Crippen molar-refractivity contribution in [3.63, 3.8) is 0 Å². The summed E-state index contributed by atoms with van der Waals surface area (Å²) in [6.45, 7) is 6.32. The van der Waals surface area contributed by atoms with E-state index in [1.165, 1.54) is 0 Å². The lowest BCUT2D eigenvalue weighted by Crippen LogP contribution is -1.89. The summed E-state index contributed by atoms with van der Waals surface area (Å²) in [6.07, 6.45) is 6.25. The molecule has 0 aliphatic carbocycles. The van der Waals surface area contributed by atoms with Crippen molar-refractivity contribution < 1.29 is 4.79 Å². The fourth-order valence-electron chi connectivity index (χ4n) is 0.991. The molecule has 0 aliphatic heterocycles. The molecule has 64 valence electrons. The van der Waals surface area contributed by atoms with Gasteiger partial charge in [0, 0.05) is 0 Å². The Morgan fingerprint density at radius 2 is 2.09 bits per heavy atom. The van der Waals surface area contributed by atoms with Gasteiger partial charge in [0.1, 0.15) is 6.29 Å². The van der Waals surface area contributed by atoms with E-state index in [-0.39, 0.29) is 0 Å². The van der Waals surface area contributed by atoms with Crippen LogP contribution in [0.1, 0.15) is 40.0 Å². The molecular formula is C10H18O. The van der Waals surface area contributed by atoms with E-state index in [9.17, 15) is 4.79 Å². The molecule has 0 fully saturated rings. The molecule has 0 aromatic carbocycles. The van der Waals surface area contributed by atoms with Crippen LogP contribution in [0.15, 0.2) is 11.6 Å². The lowest BCUT2D eigenvalue weighted by atomic mass is 10.1. The van der Waals surface area contributed by atoms with Gasteiger partial charge in [-0.05, 0) is 24.3 Å². The molecule has 0 rings (SSSR count). The zero-order chi connectivity index (χ0) is 8.69. The molecule has 1 heteroatoms. The second kappa shape index (κ2) is 6.14. The van der Waals surface area contributed by atoms with Crippen molar-refractivity contribution in [2.75, 3.05) is 0 Å². The zero-order valence-corrected chi connectivity index (χ0v) is 7.76. The van der Waals surface area contributed by atoms with Crippen molar-refractivity contribution in [2.45, 2.75) is 40.0 Å². The summed E-state index contributed by atoms with van der Waals surface area (Å²) in [5.41, 5.74) is 0.960. The first-order valence-corrected chi connectivity index (χ1v) is 4.36. The van der Waals surface area contributed by atoms with Gasteiger partial charge >= 0.3 is 0 Å². The van der Waals surface area contributed by atoms with Crippen molar-refractivity contribution in [1.29, 1.82) is 0 Å². The van der Waals surface area contributed by atoms with Gasteiger partial charge in [-0.25, -0.2) is 0 Å². The maximum absolute atomic E-state index is 10.5. The van der Waals surface area contributed by atoms with Crippen LogP contribution in [0.5, 0.6) is 0 Å². The molecule has 0 atom stereocenters. The Labute approximate surface area is 69.5 Å². The van der Waals surface area contributed by atoms with E-state index in [0.717, 1.165) is 31.1 Å². The predicted molar refractivity (Wildman–Crippen MR) is 48.5 cm³/mol. The van der Waals surface area contributed by atoms with Crippen LogP contribution in [0.4, 0.5) is 0 Å². The first-order chi connectivity index (χ1) is 5.20. The summed E-state index contributed by atoms with van der Waals surface area (Å²) in [6, 6.07) is 0. The first-order valence-electron chi connectivity index (χ1n) is 4.36. The molecule has 0 heterocycles. The number of aldehydes is 1. The molecule has 1 nitrogen and oxygen atoms in total. The van der Waals surface area contributed by atoms with Gasteiger partial charge in [0.05, 0.1) is 0 Å². The normalized spacial score (nSPS) is 12.2. The monoisotopic (exact) mass is 154 g/mol. The fourth-order valence-corrected chi connectivity index (χ4v) is 0.991. The molecule has 0 saturated carbocycles. The lowest BCUT2D eigenvalue weighted by molar-refractivity contribution is -0.105. The summed E-state index contributed by atoms with van der Waals surface area (Å²) in [7, 11) is 0. The Kier molecular flexibility index (Phi) is 5.81. The van der Waals surface area contributed by atoms with E-state index in [2.05, 4.69) is 20.8 Å². The van der Waals surface area contributed by atoms with Gasteiger partial charge in [0.15, 0.2) is 0 Å². The van der Waals surface area contributed by atoms with E-state index in [1.54, 1.807) is 0 Å². The summed E-state index contributed by atoms with van der Waals surface area (Å²) in [5.74, 6) is 0.493. The molecule has 11 heavy (non-hydrogen) atoms. The van der Waals surface area contributed by atoms with E-state index in [4.69, 9.17) is 0 Å². The van der Waals surface area contributed by atoms with Gasteiger partial charge in [-0.15, -0.1) is 0 Å². The number of hydrogen-bond donors (Lipinski definition) is 0. The second-order valence-electron chi connectivity index (χ2n) is 3.21. The molecule has 0 amide bonds. The molecule has 0 spiro atoms. The minimum atomic E-state index is 0.493. The fraction of sp³-hybridized carbons (Fsp3) is 0.700. The van der Waals surface area contributed by atoms with Gasteiger partial charge in [0.2, 0.25) is 0 Å². The number of hydrogen-bond acceptors (Lipinski definition) is 1. The van der Waals surface area contributed by atoms with Gasteiger partial charge < -0.3 is 0 Å². The van der Waals surface area contributed by atoms with Crippen LogP contribution < -0.4 is 0 Å². The summed E-state index contributed by atoms with van der Waals surface area (Å²) in [5, 5.41) is 0. The van der Waals surface area contributed by atoms with E-state index < -0.39 is 0 Å². The third kappa shape index (κ3) is 5.84. The Bertz CT molecular complexity index is 134. The molecular weight excluding hydrogens is 136 g/mol. The average molecular weight is 154 g/mol. The second-order valence-corrected chi connectivity index (χ2v) is 3.21. The number of rotatable bonds is 5. The Balaban J connectivity index is 3.84. The van der Waals surface area contributed by atoms with Crippen LogP contribution >= 0.6 is 0 Å². The maximum Gasteiger partial charge on any atom is 0.145 e. The number of carbonyl (C=O) groups is 1. The average Bonchev–Trinajstić information content (AvgIpc) is 1.97. The predicted octanol–water partition coefficient (Wildman–Crippen LogP) is 2.96. The maximum atomic E-state index is 10.5. The first kappa shape index (κ1) is 10.4. The van der Waals surface area contributed by atoms with Crippen LogP contribution in [0, 0.1) is 5.92 Å². The van der Waals surface area contributed by atoms with Gasteiger partial charge in [-0.1, -0.05) is 33.3 Å². The third-order valence-corrected chi connectivity index (χ3v) is 1.52. The van der Waals surface area contributed by atoms with Gasteiger partial charge in [-0.3, -0.25) is 4.79 Å². The number of carbonyl (C=O) groups excluding carboxylic acids is 1. The summed E-state index contributed by atoms with van der Waals surface area (Å²) < 4.78 is 0. The number of allylic oxidation sites excluding steroid dienone is 2. The molecule has 0 N–H and O–H groups in total. The lowest BCUT2D eigenvalue weighted by Gasteiger charge is -2.00. The zero-order valence-electron chi connectivity index (χ0n) is 7.76. The van der Waals surface area contributed by atoms with Crippen LogP contribution in [0.2, 0.25) is 0 Å². The molecule has 0 bridgehead atoms. The van der Waals surface area contributed by atoms with Crippen molar-refractivity contribution in [3.8, 4) is 0 Å². The largest absolute Gasteiger partial charge is 0.298 e. The Hall–Kier alpha value is -0.590. The minimum absolute atomic E-state index is 0.493.